The summed E-state index contributed by atoms with van der Waals surface area (Å²) in [7, 11) is 1.62. The fourth-order valence-electron chi connectivity index (χ4n) is 1.78. The molecule has 0 saturated carbocycles. The van der Waals surface area contributed by atoms with Crippen LogP contribution in [0.25, 0.3) is 0 Å². The standard InChI is InChI=1S/C14H18N4O3S/c1-3-21-13(19)9-22-14-17-16-12(18(14)15)8-10-4-6-11(20-2)7-5-10/h4-7H,3,8-9,15H2,1-2H3. The molecular formula is C14H18N4O3S. The van der Waals surface area contributed by atoms with E-state index in [0.717, 1.165) is 11.3 Å². The maximum absolute atomic E-state index is 11.3. The van der Waals surface area contributed by atoms with Gasteiger partial charge >= 0.3 is 5.97 Å². The summed E-state index contributed by atoms with van der Waals surface area (Å²) in [5.41, 5.74) is 1.04. The van der Waals surface area contributed by atoms with Crippen LogP contribution >= 0.6 is 11.8 Å². The smallest absolute Gasteiger partial charge is 0.316 e. The number of thioether (sulfide) groups is 1. The molecule has 0 unspecified atom stereocenters. The summed E-state index contributed by atoms with van der Waals surface area (Å²) in [6.07, 6.45) is 0.549. The zero-order valence-electron chi connectivity index (χ0n) is 12.5. The fourth-order valence-corrected chi connectivity index (χ4v) is 2.45. The number of hydrogen-bond donors (Lipinski definition) is 1. The van der Waals surface area contributed by atoms with E-state index < -0.39 is 0 Å². The number of ether oxygens (including phenoxy) is 2. The Hall–Kier alpha value is -2.22. The van der Waals surface area contributed by atoms with Gasteiger partial charge in [-0.1, -0.05) is 23.9 Å². The van der Waals surface area contributed by atoms with Crippen molar-refractivity contribution in [2.45, 2.75) is 18.5 Å². The predicted octanol–water partition coefficient (Wildman–Crippen LogP) is 1.25. The molecule has 0 radical (unpaired) electrons. The van der Waals surface area contributed by atoms with Crippen LogP contribution in [0.2, 0.25) is 0 Å². The maximum Gasteiger partial charge on any atom is 0.316 e. The zero-order chi connectivity index (χ0) is 15.9. The van der Waals surface area contributed by atoms with Gasteiger partial charge in [-0.2, -0.15) is 0 Å². The Labute approximate surface area is 132 Å². The number of rotatable bonds is 7. The molecule has 1 aromatic heterocycles. The molecule has 0 atom stereocenters. The summed E-state index contributed by atoms with van der Waals surface area (Å²) in [5, 5.41) is 8.54. The van der Waals surface area contributed by atoms with Gasteiger partial charge in [0.2, 0.25) is 5.16 Å². The number of carbonyl (C=O) groups is 1. The highest BCUT2D eigenvalue weighted by Crippen LogP contribution is 2.18. The summed E-state index contributed by atoms with van der Waals surface area (Å²) in [5.74, 6) is 7.24. The molecule has 2 N–H and O–H groups in total. The Morgan fingerprint density at radius 2 is 2.05 bits per heavy atom. The van der Waals surface area contributed by atoms with Gasteiger partial charge < -0.3 is 15.3 Å². The maximum atomic E-state index is 11.3. The molecule has 1 heterocycles. The first kappa shape index (κ1) is 16.2. The van der Waals surface area contributed by atoms with Crippen LogP contribution in [0.5, 0.6) is 5.75 Å². The molecule has 0 bridgehead atoms. The van der Waals surface area contributed by atoms with Gasteiger partial charge in [0.15, 0.2) is 5.82 Å². The minimum absolute atomic E-state index is 0.158. The number of nitrogen functional groups attached to an aromatic ring is 1. The second kappa shape index (κ2) is 7.69. The summed E-state index contributed by atoms with van der Waals surface area (Å²) >= 11 is 1.20. The number of esters is 1. The van der Waals surface area contributed by atoms with Gasteiger partial charge in [0.25, 0.3) is 0 Å². The van der Waals surface area contributed by atoms with Gasteiger partial charge in [-0.3, -0.25) is 4.79 Å². The van der Waals surface area contributed by atoms with Gasteiger partial charge in [0, 0.05) is 6.42 Å². The molecule has 1 aromatic carbocycles. The lowest BCUT2D eigenvalue weighted by molar-refractivity contribution is -0.139. The minimum atomic E-state index is -0.299. The fraction of sp³-hybridized carbons (Fsp3) is 0.357. The summed E-state index contributed by atoms with van der Waals surface area (Å²) in [4.78, 5) is 11.3. The van der Waals surface area contributed by atoms with E-state index in [9.17, 15) is 4.79 Å². The van der Waals surface area contributed by atoms with Crippen LogP contribution in [0, 0.1) is 0 Å². The van der Waals surface area contributed by atoms with Gasteiger partial charge in [-0.05, 0) is 24.6 Å². The van der Waals surface area contributed by atoms with E-state index in [0.29, 0.717) is 24.0 Å². The van der Waals surface area contributed by atoms with E-state index in [4.69, 9.17) is 15.3 Å². The topological polar surface area (TPSA) is 92.3 Å². The van der Waals surface area contributed by atoms with Crippen LogP contribution in [-0.4, -0.2) is 40.3 Å². The number of methoxy groups -OCH3 is 1. The zero-order valence-corrected chi connectivity index (χ0v) is 13.3. The van der Waals surface area contributed by atoms with Crippen LogP contribution in [0.1, 0.15) is 18.3 Å². The molecule has 0 aliphatic carbocycles. The third-order valence-electron chi connectivity index (χ3n) is 2.88. The van der Waals surface area contributed by atoms with Crippen molar-refractivity contribution in [1.29, 1.82) is 0 Å². The largest absolute Gasteiger partial charge is 0.497 e. The highest BCUT2D eigenvalue weighted by molar-refractivity contribution is 7.99. The quantitative estimate of drug-likeness (QED) is 0.466. The lowest BCUT2D eigenvalue weighted by atomic mass is 10.1. The highest BCUT2D eigenvalue weighted by Gasteiger charge is 2.13. The van der Waals surface area contributed by atoms with E-state index in [2.05, 4.69) is 10.2 Å². The van der Waals surface area contributed by atoms with E-state index in [1.807, 2.05) is 24.3 Å². The van der Waals surface area contributed by atoms with Crippen molar-refractivity contribution < 1.29 is 14.3 Å². The molecule has 22 heavy (non-hydrogen) atoms. The Bertz CT molecular complexity index is 628. The van der Waals surface area contributed by atoms with Crippen molar-refractivity contribution in [3.63, 3.8) is 0 Å². The van der Waals surface area contributed by atoms with Gasteiger partial charge in [-0.15, -0.1) is 10.2 Å². The van der Waals surface area contributed by atoms with E-state index in [-0.39, 0.29) is 11.7 Å². The van der Waals surface area contributed by atoms with Crippen molar-refractivity contribution in [1.82, 2.24) is 14.9 Å². The van der Waals surface area contributed by atoms with E-state index in [1.54, 1.807) is 14.0 Å². The second-order valence-electron chi connectivity index (χ2n) is 4.39. The van der Waals surface area contributed by atoms with Crippen molar-refractivity contribution in [3.05, 3.63) is 35.7 Å². The molecule has 0 spiro atoms. The minimum Gasteiger partial charge on any atom is -0.497 e. The van der Waals surface area contributed by atoms with Crippen LogP contribution in [-0.2, 0) is 16.0 Å². The van der Waals surface area contributed by atoms with Crippen LogP contribution in [0.15, 0.2) is 29.4 Å². The van der Waals surface area contributed by atoms with E-state index >= 15 is 0 Å². The highest BCUT2D eigenvalue weighted by atomic mass is 32.2. The van der Waals surface area contributed by atoms with Crippen LogP contribution in [0.4, 0.5) is 0 Å². The van der Waals surface area contributed by atoms with Crippen molar-refractivity contribution in [2.24, 2.45) is 0 Å². The normalized spacial score (nSPS) is 10.5. The molecule has 7 nitrogen and oxygen atoms in total. The first-order valence-electron chi connectivity index (χ1n) is 6.74. The number of aromatic nitrogens is 3. The number of carbonyl (C=O) groups excluding carboxylic acids is 1. The average Bonchev–Trinajstić information content (AvgIpc) is 2.87. The second-order valence-corrected chi connectivity index (χ2v) is 5.33. The third-order valence-corrected chi connectivity index (χ3v) is 3.80. The summed E-state index contributed by atoms with van der Waals surface area (Å²) in [6.45, 7) is 2.12. The SMILES string of the molecule is CCOC(=O)CSc1nnc(Cc2ccc(OC)cc2)n1N. The number of nitrogens with zero attached hydrogens (tertiary/aromatic N) is 3. The molecule has 0 aliphatic rings. The number of hydrogen-bond acceptors (Lipinski definition) is 7. The molecule has 8 heteroatoms. The Morgan fingerprint density at radius 3 is 2.68 bits per heavy atom. The Morgan fingerprint density at radius 1 is 1.32 bits per heavy atom. The van der Waals surface area contributed by atoms with Crippen molar-refractivity contribution >= 4 is 17.7 Å². The molecule has 0 aliphatic heterocycles. The molecule has 0 fully saturated rings. The molecule has 2 rings (SSSR count). The molecule has 0 amide bonds. The monoisotopic (exact) mass is 322 g/mol. The number of nitrogens with two attached hydrogens (primary N) is 1. The number of benzene rings is 1. The average molecular weight is 322 g/mol. The van der Waals surface area contributed by atoms with Crippen LogP contribution < -0.4 is 10.6 Å². The van der Waals surface area contributed by atoms with Gasteiger partial charge in [0.05, 0.1) is 19.5 Å². The third kappa shape index (κ3) is 4.14. The molecule has 0 saturated heterocycles. The van der Waals surface area contributed by atoms with E-state index in [1.165, 1.54) is 16.4 Å². The van der Waals surface area contributed by atoms with Gasteiger partial charge in [-0.25, -0.2) is 4.68 Å². The molecular weight excluding hydrogens is 304 g/mol. The molecule has 118 valence electrons. The first-order valence-corrected chi connectivity index (χ1v) is 7.73. The Kier molecular flexibility index (Phi) is 5.65. The summed E-state index contributed by atoms with van der Waals surface area (Å²) in [6, 6.07) is 7.64. The molecule has 2 aromatic rings. The predicted molar refractivity (Wildman–Crippen MR) is 83.3 cm³/mol. The summed E-state index contributed by atoms with van der Waals surface area (Å²) < 4.78 is 11.4. The first-order chi connectivity index (χ1) is 10.6. The van der Waals surface area contributed by atoms with Crippen molar-refractivity contribution in [2.75, 3.05) is 25.3 Å². The van der Waals surface area contributed by atoms with Crippen molar-refractivity contribution in [3.8, 4) is 5.75 Å². The lowest BCUT2D eigenvalue weighted by Gasteiger charge is -2.05. The van der Waals surface area contributed by atoms with Crippen LogP contribution in [0.3, 0.4) is 0 Å². The Balaban J connectivity index is 1.99. The van der Waals surface area contributed by atoms with Gasteiger partial charge in [0.1, 0.15) is 5.75 Å². The lowest BCUT2D eigenvalue weighted by Crippen LogP contribution is -2.15.